The highest BCUT2D eigenvalue weighted by atomic mass is 16.4. The molecule has 4 heteroatoms. The third kappa shape index (κ3) is 3.53. The maximum absolute atomic E-state index is 11.9. The van der Waals surface area contributed by atoms with E-state index in [4.69, 9.17) is 5.11 Å². The third-order valence-corrected chi connectivity index (χ3v) is 3.17. The van der Waals surface area contributed by atoms with E-state index in [2.05, 4.69) is 0 Å². The highest BCUT2D eigenvalue weighted by Gasteiger charge is 2.27. The van der Waals surface area contributed by atoms with Gasteiger partial charge in [0.05, 0.1) is 0 Å². The second kappa shape index (κ2) is 5.73. The third-order valence-electron chi connectivity index (χ3n) is 3.17. The van der Waals surface area contributed by atoms with Gasteiger partial charge in [-0.1, -0.05) is 27.2 Å². The van der Waals surface area contributed by atoms with Gasteiger partial charge in [0.2, 0.25) is 5.91 Å². The number of carbonyl (C=O) groups is 2. The van der Waals surface area contributed by atoms with Crippen LogP contribution in [0.4, 0.5) is 0 Å². The van der Waals surface area contributed by atoms with Gasteiger partial charge >= 0.3 is 5.97 Å². The van der Waals surface area contributed by atoms with Gasteiger partial charge in [-0.15, -0.1) is 0 Å². The minimum absolute atomic E-state index is 0.0979. The Balaban J connectivity index is 4.50. The minimum atomic E-state index is -0.970. The predicted molar refractivity (Wildman–Crippen MR) is 58.5 cm³/mol. The first-order valence-corrected chi connectivity index (χ1v) is 5.32. The van der Waals surface area contributed by atoms with Crippen molar-refractivity contribution < 1.29 is 14.7 Å². The van der Waals surface area contributed by atoms with Crippen molar-refractivity contribution in [2.45, 2.75) is 40.2 Å². The molecule has 0 aromatic rings. The number of aliphatic carboxylic acids is 1. The van der Waals surface area contributed by atoms with E-state index in [0.717, 1.165) is 6.42 Å². The van der Waals surface area contributed by atoms with Crippen LogP contribution in [0, 0.1) is 11.8 Å². The molecule has 0 rings (SSSR count). The Labute approximate surface area is 91.3 Å². The summed E-state index contributed by atoms with van der Waals surface area (Å²) >= 11 is 0. The summed E-state index contributed by atoms with van der Waals surface area (Å²) in [7, 11) is 1.54. The molecule has 0 heterocycles. The smallest absolute Gasteiger partial charge is 0.326 e. The van der Waals surface area contributed by atoms with Crippen LogP contribution >= 0.6 is 0 Å². The Kier molecular flexibility index (Phi) is 5.33. The van der Waals surface area contributed by atoms with Gasteiger partial charge in [0, 0.05) is 13.0 Å². The summed E-state index contributed by atoms with van der Waals surface area (Å²) in [6.45, 7) is 7.39. The van der Waals surface area contributed by atoms with E-state index in [1.165, 1.54) is 11.8 Å². The molecule has 4 nitrogen and oxygen atoms in total. The van der Waals surface area contributed by atoms with Gasteiger partial charge in [0.1, 0.15) is 6.04 Å². The highest BCUT2D eigenvalue weighted by molar-refractivity contribution is 5.84. The zero-order valence-electron chi connectivity index (χ0n) is 10.2. The second-order valence-electron chi connectivity index (χ2n) is 4.14. The molecule has 0 bridgehead atoms. The lowest BCUT2D eigenvalue weighted by Gasteiger charge is -2.27. The molecular weight excluding hydrogens is 194 g/mol. The van der Waals surface area contributed by atoms with E-state index in [1.807, 2.05) is 20.8 Å². The van der Waals surface area contributed by atoms with Crippen LogP contribution in [0.3, 0.4) is 0 Å². The van der Waals surface area contributed by atoms with Crippen molar-refractivity contribution in [3.8, 4) is 0 Å². The molecule has 0 aromatic heterocycles. The molecule has 15 heavy (non-hydrogen) atoms. The molecule has 0 saturated heterocycles. The quantitative estimate of drug-likeness (QED) is 0.757. The van der Waals surface area contributed by atoms with Gasteiger partial charge in [-0.25, -0.2) is 4.79 Å². The number of hydrogen-bond donors (Lipinski definition) is 1. The Hall–Kier alpha value is -1.06. The summed E-state index contributed by atoms with van der Waals surface area (Å²) in [6, 6.07) is -0.760. The Morgan fingerprint density at radius 3 is 2.07 bits per heavy atom. The molecule has 0 saturated carbocycles. The van der Waals surface area contributed by atoms with Gasteiger partial charge in [-0.05, 0) is 12.8 Å². The van der Waals surface area contributed by atoms with Crippen molar-refractivity contribution in [2.75, 3.05) is 7.05 Å². The molecule has 1 amide bonds. The van der Waals surface area contributed by atoms with Crippen LogP contribution in [0.2, 0.25) is 0 Å². The molecule has 3 unspecified atom stereocenters. The van der Waals surface area contributed by atoms with E-state index in [0.29, 0.717) is 0 Å². The molecule has 0 spiro atoms. The normalized spacial score (nSPS) is 16.6. The van der Waals surface area contributed by atoms with E-state index in [9.17, 15) is 9.59 Å². The molecule has 0 aliphatic rings. The van der Waals surface area contributed by atoms with E-state index in [-0.39, 0.29) is 17.7 Å². The summed E-state index contributed by atoms with van der Waals surface area (Å²) in [5.74, 6) is -0.913. The summed E-state index contributed by atoms with van der Waals surface area (Å²) in [5.41, 5.74) is 0. The molecule has 0 aliphatic heterocycles. The molecule has 0 fully saturated rings. The van der Waals surface area contributed by atoms with Crippen LogP contribution in [-0.2, 0) is 9.59 Å². The van der Waals surface area contributed by atoms with Crippen molar-refractivity contribution in [3.05, 3.63) is 0 Å². The van der Waals surface area contributed by atoms with Gasteiger partial charge in [-0.2, -0.15) is 0 Å². The van der Waals surface area contributed by atoms with Gasteiger partial charge in [0.15, 0.2) is 0 Å². The Bertz CT molecular complexity index is 240. The second-order valence-corrected chi connectivity index (χ2v) is 4.14. The number of likely N-dealkylation sites (N-methyl/N-ethyl adjacent to an activating group) is 1. The lowest BCUT2D eigenvalue weighted by Crippen LogP contribution is -2.43. The van der Waals surface area contributed by atoms with Crippen LogP contribution in [0.1, 0.15) is 34.1 Å². The monoisotopic (exact) mass is 215 g/mol. The highest BCUT2D eigenvalue weighted by Crippen LogP contribution is 2.17. The fourth-order valence-corrected chi connectivity index (χ4v) is 1.27. The summed E-state index contributed by atoms with van der Waals surface area (Å²) in [4.78, 5) is 23.9. The fraction of sp³-hybridized carbons (Fsp3) is 0.818. The van der Waals surface area contributed by atoms with Gasteiger partial charge < -0.3 is 10.0 Å². The van der Waals surface area contributed by atoms with E-state index in [1.54, 1.807) is 7.05 Å². The Morgan fingerprint density at radius 2 is 1.73 bits per heavy atom. The maximum Gasteiger partial charge on any atom is 0.326 e. The van der Waals surface area contributed by atoms with Crippen molar-refractivity contribution in [1.82, 2.24) is 4.90 Å². The minimum Gasteiger partial charge on any atom is -0.480 e. The topological polar surface area (TPSA) is 57.6 Å². The zero-order valence-corrected chi connectivity index (χ0v) is 10.2. The summed E-state index contributed by atoms with van der Waals surface area (Å²) in [5, 5.41) is 8.78. The van der Waals surface area contributed by atoms with Crippen molar-refractivity contribution in [2.24, 2.45) is 11.8 Å². The maximum atomic E-state index is 11.9. The molecule has 1 N–H and O–H groups in total. The average molecular weight is 215 g/mol. The number of carbonyl (C=O) groups excluding carboxylic acids is 1. The molecule has 0 aliphatic carbocycles. The standard InChI is InChI=1S/C11H21NO3/c1-6-7(2)8(3)10(13)12(5)9(4)11(14)15/h7-9H,6H2,1-5H3,(H,14,15). The zero-order chi connectivity index (χ0) is 12.2. The number of nitrogens with zero attached hydrogens (tertiary/aromatic N) is 1. The summed E-state index contributed by atoms with van der Waals surface area (Å²) in [6.07, 6.45) is 0.919. The number of carboxylic acids is 1. The molecule has 88 valence electrons. The SMILES string of the molecule is CCC(C)C(C)C(=O)N(C)C(C)C(=O)O. The van der Waals surface area contributed by atoms with Gasteiger partial charge in [0.25, 0.3) is 0 Å². The number of carboxylic acid groups (broad SMARTS) is 1. The number of hydrogen-bond acceptors (Lipinski definition) is 2. The molecule has 0 aromatic carbocycles. The molecular formula is C11H21NO3. The van der Waals surface area contributed by atoms with Crippen molar-refractivity contribution >= 4 is 11.9 Å². The van der Waals surface area contributed by atoms with Crippen molar-refractivity contribution in [3.63, 3.8) is 0 Å². The van der Waals surface area contributed by atoms with Crippen LogP contribution < -0.4 is 0 Å². The van der Waals surface area contributed by atoms with Crippen LogP contribution in [0.5, 0.6) is 0 Å². The van der Waals surface area contributed by atoms with E-state index >= 15 is 0 Å². The largest absolute Gasteiger partial charge is 0.480 e. The van der Waals surface area contributed by atoms with E-state index < -0.39 is 12.0 Å². The first kappa shape index (κ1) is 13.9. The van der Waals surface area contributed by atoms with Crippen LogP contribution in [-0.4, -0.2) is 35.0 Å². The molecule has 0 radical (unpaired) electrons. The first-order chi connectivity index (χ1) is 6.82. The number of rotatable bonds is 5. The van der Waals surface area contributed by atoms with Crippen LogP contribution in [0.15, 0.2) is 0 Å². The average Bonchev–Trinajstić information content (AvgIpc) is 2.23. The first-order valence-electron chi connectivity index (χ1n) is 5.32. The van der Waals surface area contributed by atoms with Gasteiger partial charge in [-0.3, -0.25) is 4.79 Å². The lowest BCUT2D eigenvalue weighted by molar-refractivity contribution is -0.150. The predicted octanol–water partition coefficient (Wildman–Crippen LogP) is 1.60. The lowest BCUT2D eigenvalue weighted by atomic mass is 9.92. The van der Waals surface area contributed by atoms with Crippen molar-refractivity contribution in [1.29, 1.82) is 0 Å². The van der Waals surface area contributed by atoms with Crippen LogP contribution in [0.25, 0.3) is 0 Å². The fourth-order valence-electron chi connectivity index (χ4n) is 1.27. The number of amides is 1. The summed E-state index contributed by atoms with van der Waals surface area (Å²) < 4.78 is 0. The molecule has 3 atom stereocenters. The Morgan fingerprint density at radius 1 is 1.27 bits per heavy atom.